The minimum absolute atomic E-state index is 0.362. The van der Waals surface area contributed by atoms with E-state index in [4.69, 9.17) is 10.5 Å². The normalized spacial score (nSPS) is 12.9. The van der Waals surface area contributed by atoms with Gasteiger partial charge in [-0.15, -0.1) is 0 Å². The molecule has 0 radical (unpaired) electrons. The summed E-state index contributed by atoms with van der Waals surface area (Å²) in [5, 5.41) is 0. The third kappa shape index (κ3) is 1.37. The van der Waals surface area contributed by atoms with Gasteiger partial charge in [0, 0.05) is 11.8 Å². The van der Waals surface area contributed by atoms with Crippen LogP contribution in [0.1, 0.15) is 15.9 Å². The van der Waals surface area contributed by atoms with Crippen molar-refractivity contribution in [1.82, 2.24) is 0 Å². The Morgan fingerprint density at radius 3 is 3.07 bits per heavy atom. The highest BCUT2D eigenvalue weighted by molar-refractivity contribution is 5.99. The first-order valence-electron chi connectivity index (χ1n) is 4.07. The van der Waals surface area contributed by atoms with Crippen LogP contribution >= 0.6 is 0 Å². The Bertz CT molecular complexity index is 436. The molecule has 0 bridgehead atoms. The lowest BCUT2D eigenvalue weighted by atomic mass is 10.1. The van der Waals surface area contributed by atoms with E-state index in [1.807, 2.05) is 0 Å². The van der Waals surface area contributed by atoms with E-state index in [9.17, 15) is 4.79 Å². The molecular formula is C10H8N2O2. The van der Waals surface area contributed by atoms with Gasteiger partial charge in [0.1, 0.15) is 12.0 Å². The number of rotatable bonds is 1. The molecule has 0 atom stereocenters. The standard InChI is InChI=1S/C10H8N2O2/c11-10(13)8-3-1-2-7-6-12-4-5-14-9(7)8/h1-6H,(H2,11,13). The maximum absolute atomic E-state index is 11.1. The topological polar surface area (TPSA) is 64.7 Å². The zero-order chi connectivity index (χ0) is 9.97. The third-order valence-electron chi connectivity index (χ3n) is 1.86. The number of fused-ring (bicyclic) bond motifs is 1. The highest BCUT2D eigenvalue weighted by Crippen LogP contribution is 2.23. The maximum Gasteiger partial charge on any atom is 0.252 e. The van der Waals surface area contributed by atoms with Crippen LogP contribution in [0.3, 0.4) is 0 Å². The van der Waals surface area contributed by atoms with Crippen molar-refractivity contribution in [1.29, 1.82) is 0 Å². The summed E-state index contributed by atoms with van der Waals surface area (Å²) in [5.41, 5.74) is 6.30. The molecule has 1 aromatic rings. The highest BCUT2D eigenvalue weighted by Gasteiger charge is 2.12. The lowest BCUT2D eigenvalue weighted by molar-refractivity contribution is 0.0998. The van der Waals surface area contributed by atoms with Crippen LogP contribution in [0.2, 0.25) is 0 Å². The molecule has 0 aliphatic carbocycles. The van der Waals surface area contributed by atoms with Crippen LogP contribution in [-0.2, 0) is 0 Å². The van der Waals surface area contributed by atoms with Crippen molar-refractivity contribution in [3.05, 3.63) is 41.8 Å². The van der Waals surface area contributed by atoms with Gasteiger partial charge in [-0.25, -0.2) is 0 Å². The molecule has 4 nitrogen and oxygen atoms in total. The summed E-state index contributed by atoms with van der Waals surface area (Å²) in [6, 6.07) is 5.16. The van der Waals surface area contributed by atoms with Crippen LogP contribution in [0.25, 0.3) is 0 Å². The van der Waals surface area contributed by atoms with Crippen molar-refractivity contribution in [3.63, 3.8) is 0 Å². The first-order chi connectivity index (χ1) is 6.79. The summed E-state index contributed by atoms with van der Waals surface area (Å²) in [5.74, 6) is -0.0527. The number of primary amides is 1. The molecule has 1 aliphatic heterocycles. The Balaban J connectivity index is 2.61. The zero-order valence-electron chi connectivity index (χ0n) is 7.31. The van der Waals surface area contributed by atoms with Crippen molar-refractivity contribution in [2.75, 3.05) is 0 Å². The molecule has 1 aliphatic rings. The molecule has 0 saturated heterocycles. The van der Waals surface area contributed by atoms with Gasteiger partial charge in [0.25, 0.3) is 5.91 Å². The summed E-state index contributed by atoms with van der Waals surface area (Å²) in [6.45, 7) is 0. The highest BCUT2D eigenvalue weighted by atomic mass is 16.5. The Morgan fingerprint density at radius 2 is 2.29 bits per heavy atom. The van der Waals surface area contributed by atoms with Crippen LogP contribution in [0.4, 0.5) is 0 Å². The molecule has 14 heavy (non-hydrogen) atoms. The second-order valence-corrected chi connectivity index (χ2v) is 2.77. The number of aliphatic imine (C=N–C) groups is 1. The fraction of sp³-hybridized carbons (Fsp3) is 0. The Kier molecular flexibility index (Phi) is 2.02. The molecular weight excluding hydrogens is 180 g/mol. The molecule has 1 aromatic carbocycles. The molecule has 2 rings (SSSR count). The summed E-state index contributed by atoms with van der Waals surface area (Å²) in [4.78, 5) is 15.0. The Labute approximate surface area is 80.7 Å². The molecule has 0 unspecified atom stereocenters. The van der Waals surface area contributed by atoms with Crippen LogP contribution in [0.5, 0.6) is 5.75 Å². The van der Waals surface area contributed by atoms with Gasteiger partial charge in [-0.3, -0.25) is 9.79 Å². The maximum atomic E-state index is 11.1. The third-order valence-corrected chi connectivity index (χ3v) is 1.86. The number of benzene rings is 1. The Morgan fingerprint density at radius 1 is 1.43 bits per heavy atom. The lowest BCUT2D eigenvalue weighted by Gasteiger charge is -2.06. The van der Waals surface area contributed by atoms with Gasteiger partial charge in [-0.2, -0.15) is 0 Å². The minimum Gasteiger partial charge on any atom is -0.462 e. The van der Waals surface area contributed by atoms with Gasteiger partial charge in [-0.05, 0) is 12.1 Å². The monoisotopic (exact) mass is 188 g/mol. The first kappa shape index (κ1) is 8.50. The number of hydrogen-bond donors (Lipinski definition) is 1. The molecule has 1 heterocycles. The average molecular weight is 188 g/mol. The van der Waals surface area contributed by atoms with Crippen molar-refractivity contribution in [2.45, 2.75) is 0 Å². The summed E-state index contributed by atoms with van der Waals surface area (Å²) in [6.07, 6.45) is 4.53. The predicted molar refractivity (Wildman–Crippen MR) is 52.3 cm³/mol. The largest absolute Gasteiger partial charge is 0.462 e. The molecule has 0 aromatic heterocycles. The van der Waals surface area contributed by atoms with Crippen LogP contribution in [0.15, 0.2) is 35.7 Å². The van der Waals surface area contributed by atoms with E-state index in [0.29, 0.717) is 11.3 Å². The van der Waals surface area contributed by atoms with Gasteiger partial charge in [0.2, 0.25) is 0 Å². The van der Waals surface area contributed by atoms with E-state index in [0.717, 1.165) is 5.56 Å². The number of carbonyl (C=O) groups is 1. The number of nitrogens with zero attached hydrogens (tertiary/aromatic N) is 1. The number of para-hydroxylation sites is 1. The molecule has 0 spiro atoms. The number of amides is 1. The fourth-order valence-electron chi connectivity index (χ4n) is 1.24. The molecule has 4 heteroatoms. The van der Waals surface area contributed by atoms with E-state index >= 15 is 0 Å². The van der Waals surface area contributed by atoms with E-state index in [1.54, 1.807) is 24.4 Å². The molecule has 1 amide bonds. The summed E-state index contributed by atoms with van der Waals surface area (Å²) >= 11 is 0. The molecule has 70 valence electrons. The van der Waals surface area contributed by atoms with Crippen molar-refractivity contribution in [3.8, 4) is 5.75 Å². The zero-order valence-corrected chi connectivity index (χ0v) is 7.31. The van der Waals surface area contributed by atoms with Gasteiger partial charge < -0.3 is 10.5 Å². The van der Waals surface area contributed by atoms with E-state index < -0.39 is 5.91 Å². The predicted octanol–water partition coefficient (Wildman–Crippen LogP) is 1.07. The number of hydrogen-bond acceptors (Lipinski definition) is 3. The van der Waals surface area contributed by atoms with E-state index in [2.05, 4.69) is 4.99 Å². The summed E-state index contributed by atoms with van der Waals surface area (Å²) in [7, 11) is 0. The minimum atomic E-state index is -0.509. The number of ether oxygens (including phenoxy) is 1. The first-order valence-corrected chi connectivity index (χ1v) is 4.07. The average Bonchev–Trinajstić information content (AvgIpc) is 2.41. The van der Waals surface area contributed by atoms with Gasteiger partial charge in [0.15, 0.2) is 0 Å². The number of nitrogens with two attached hydrogens (primary N) is 1. The van der Waals surface area contributed by atoms with Gasteiger partial charge in [0.05, 0.1) is 11.8 Å². The molecule has 0 fully saturated rings. The number of carbonyl (C=O) groups excluding carboxylic acids is 1. The van der Waals surface area contributed by atoms with Crippen molar-refractivity contribution >= 4 is 12.1 Å². The van der Waals surface area contributed by atoms with E-state index in [-0.39, 0.29) is 0 Å². The van der Waals surface area contributed by atoms with Gasteiger partial charge in [-0.1, -0.05) is 6.07 Å². The molecule has 0 saturated carbocycles. The second-order valence-electron chi connectivity index (χ2n) is 2.77. The summed E-state index contributed by atoms with van der Waals surface area (Å²) < 4.78 is 5.23. The molecule has 2 N–H and O–H groups in total. The smallest absolute Gasteiger partial charge is 0.252 e. The van der Waals surface area contributed by atoms with Crippen LogP contribution in [-0.4, -0.2) is 12.1 Å². The van der Waals surface area contributed by atoms with Crippen LogP contribution < -0.4 is 10.5 Å². The quantitative estimate of drug-likeness (QED) is 0.716. The van der Waals surface area contributed by atoms with Gasteiger partial charge >= 0.3 is 0 Å². The lowest BCUT2D eigenvalue weighted by Crippen LogP contribution is -2.12. The van der Waals surface area contributed by atoms with Crippen molar-refractivity contribution < 1.29 is 9.53 Å². The van der Waals surface area contributed by atoms with E-state index in [1.165, 1.54) is 12.5 Å². The second kappa shape index (κ2) is 3.33. The fourth-order valence-corrected chi connectivity index (χ4v) is 1.24. The van der Waals surface area contributed by atoms with Crippen molar-refractivity contribution in [2.24, 2.45) is 10.7 Å². The Hall–Kier alpha value is -2.10. The SMILES string of the molecule is NC(=O)c1cccc2c1OC=CN=C2. The van der Waals surface area contributed by atoms with Crippen LogP contribution in [0, 0.1) is 0 Å².